The van der Waals surface area contributed by atoms with Crippen molar-refractivity contribution in [2.24, 2.45) is 0 Å². The normalized spacial score (nSPS) is 24.0. The van der Waals surface area contributed by atoms with Crippen LogP contribution in [0, 0.1) is 6.92 Å². The zero-order valence-electron chi connectivity index (χ0n) is 22.1. The minimum atomic E-state index is -0.613. The number of ether oxygens (including phenoxy) is 1. The lowest BCUT2D eigenvalue weighted by Crippen LogP contribution is -2.42. The number of nitrogens with zero attached hydrogens (tertiary/aromatic N) is 2. The summed E-state index contributed by atoms with van der Waals surface area (Å²) in [5, 5.41) is 0. The number of H-pyrrole nitrogens is 1. The van der Waals surface area contributed by atoms with Crippen LogP contribution in [0.4, 0.5) is 4.79 Å². The number of fused-ring (bicyclic) bond motifs is 1. The molecule has 3 heterocycles. The number of aromatic amines is 1. The first-order chi connectivity index (χ1) is 16.8. The first kappa shape index (κ1) is 24.7. The van der Waals surface area contributed by atoms with Crippen molar-refractivity contribution >= 4 is 29.7 Å². The monoisotopic (exact) mass is 488 g/mol. The number of nitrogens with one attached hydrogen (secondary N) is 1. The average Bonchev–Trinajstić information content (AvgIpc) is 3.48. The van der Waals surface area contributed by atoms with Gasteiger partial charge in [0.2, 0.25) is 5.60 Å². The van der Waals surface area contributed by atoms with Gasteiger partial charge in [-0.3, -0.25) is 4.90 Å². The van der Waals surface area contributed by atoms with E-state index in [1.165, 1.54) is 0 Å². The summed E-state index contributed by atoms with van der Waals surface area (Å²) in [5.41, 5.74) is 3.34. The van der Waals surface area contributed by atoms with Crippen molar-refractivity contribution < 1.29 is 18.8 Å². The number of carbonyl (C=O) groups excluding carboxylic acids is 1. The third-order valence-electron chi connectivity index (χ3n) is 7.26. The van der Waals surface area contributed by atoms with Crippen LogP contribution in [0.2, 0.25) is 0 Å². The van der Waals surface area contributed by atoms with E-state index in [0.717, 1.165) is 46.3 Å². The maximum atomic E-state index is 12.7. The van der Waals surface area contributed by atoms with Gasteiger partial charge < -0.3 is 19.0 Å². The first-order valence-electron chi connectivity index (χ1n) is 12.6. The van der Waals surface area contributed by atoms with Gasteiger partial charge in [-0.05, 0) is 76.2 Å². The molecule has 0 radical (unpaired) electrons. The van der Waals surface area contributed by atoms with Gasteiger partial charge in [-0.2, -0.15) is 0 Å². The molecule has 0 aliphatic carbocycles. The Morgan fingerprint density at radius 1 is 1.14 bits per heavy atom. The summed E-state index contributed by atoms with van der Waals surface area (Å²) < 4.78 is 17.8. The number of imidazole rings is 1. The molecule has 0 bridgehead atoms. The number of benzene rings is 2. The van der Waals surface area contributed by atoms with Crippen molar-refractivity contribution in [3.8, 4) is 11.1 Å². The summed E-state index contributed by atoms with van der Waals surface area (Å²) in [7, 11) is -0.437. The molecule has 2 aromatic carbocycles. The summed E-state index contributed by atoms with van der Waals surface area (Å²) >= 11 is 0. The van der Waals surface area contributed by atoms with Gasteiger partial charge in [0, 0.05) is 13.5 Å². The minimum Gasteiger partial charge on any atom is -0.444 e. The topological polar surface area (TPSA) is 76.7 Å². The second-order valence-corrected chi connectivity index (χ2v) is 11.6. The van der Waals surface area contributed by atoms with E-state index in [-0.39, 0.29) is 12.1 Å². The molecule has 188 valence electrons. The maximum absolute atomic E-state index is 12.7. The number of aromatic nitrogens is 2. The molecule has 1 aromatic heterocycles. The molecular formula is C28H35BN3O4+. The van der Waals surface area contributed by atoms with Crippen LogP contribution in [-0.2, 0) is 14.0 Å². The fourth-order valence-corrected chi connectivity index (χ4v) is 4.72. The second kappa shape index (κ2) is 8.56. The van der Waals surface area contributed by atoms with Gasteiger partial charge in [0.05, 0.1) is 24.0 Å². The van der Waals surface area contributed by atoms with Crippen LogP contribution in [0.5, 0.6) is 0 Å². The Hall–Kier alpha value is -2.97. The van der Waals surface area contributed by atoms with E-state index in [1.807, 2.05) is 59.7 Å². The molecule has 1 N–H and O–H groups in total. The van der Waals surface area contributed by atoms with Crippen molar-refractivity contribution in [3.05, 3.63) is 55.2 Å². The molecule has 2 atom stereocenters. The number of rotatable bonds is 3. The van der Waals surface area contributed by atoms with E-state index in [4.69, 9.17) is 19.0 Å². The highest BCUT2D eigenvalue weighted by Crippen LogP contribution is 2.37. The third kappa shape index (κ3) is 4.60. The molecule has 2 aliphatic rings. The molecule has 36 heavy (non-hydrogen) atoms. The molecule has 2 aliphatic heterocycles. The van der Waals surface area contributed by atoms with Crippen molar-refractivity contribution in [2.75, 3.05) is 6.54 Å². The Kier molecular flexibility index (Phi) is 5.88. The summed E-state index contributed by atoms with van der Waals surface area (Å²) in [6, 6.07) is 14.3. The molecule has 2 fully saturated rings. The van der Waals surface area contributed by atoms with E-state index in [2.05, 4.69) is 36.2 Å². The van der Waals surface area contributed by atoms with Crippen molar-refractivity contribution in [2.45, 2.75) is 77.2 Å². The molecule has 3 aromatic rings. The third-order valence-corrected chi connectivity index (χ3v) is 7.26. The van der Waals surface area contributed by atoms with Crippen LogP contribution in [0.15, 0.2) is 42.5 Å². The van der Waals surface area contributed by atoms with E-state index >= 15 is 0 Å². The maximum Gasteiger partial charge on any atom is 0.497 e. The molecule has 5 rings (SSSR count). The van der Waals surface area contributed by atoms with Crippen LogP contribution in [0.3, 0.4) is 0 Å². The smallest absolute Gasteiger partial charge is 0.444 e. The van der Waals surface area contributed by atoms with Crippen molar-refractivity contribution in [1.29, 1.82) is 0 Å². The second-order valence-electron chi connectivity index (χ2n) is 11.6. The lowest BCUT2D eigenvalue weighted by Gasteiger charge is -2.27. The number of likely N-dealkylation sites (tertiary alicyclic amines) is 1. The summed E-state index contributed by atoms with van der Waals surface area (Å²) in [4.78, 5) is 22.8. The number of carbonyl (C=O) groups is 1. The quantitative estimate of drug-likeness (QED) is 0.394. The van der Waals surface area contributed by atoms with E-state index < -0.39 is 23.9 Å². The Morgan fingerprint density at radius 3 is 2.47 bits per heavy atom. The SMILES string of the molecule is [CH2+]C1(C)OB(c2ccc(-c3ccc4nc([C@@H]5CCCN5C(=O)OC(C)(C)C)[nH]c4c3)cc2)OC1(C)C. The highest BCUT2D eigenvalue weighted by Gasteiger charge is 2.57. The van der Waals surface area contributed by atoms with Gasteiger partial charge in [-0.1, -0.05) is 30.3 Å². The largest absolute Gasteiger partial charge is 0.497 e. The predicted molar refractivity (Wildman–Crippen MR) is 142 cm³/mol. The molecule has 0 spiro atoms. The molecule has 8 heteroatoms. The van der Waals surface area contributed by atoms with Gasteiger partial charge in [-0.15, -0.1) is 0 Å². The fraction of sp³-hybridized carbons (Fsp3) is 0.464. The summed E-state index contributed by atoms with van der Waals surface area (Å²) in [6.45, 7) is 16.5. The van der Waals surface area contributed by atoms with E-state index in [9.17, 15) is 4.79 Å². The van der Waals surface area contributed by atoms with Crippen LogP contribution in [-0.4, -0.2) is 51.4 Å². The number of amides is 1. The summed E-state index contributed by atoms with van der Waals surface area (Å²) in [5.74, 6) is 0.801. The molecule has 1 amide bonds. The van der Waals surface area contributed by atoms with Crippen molar-refractivity contribution in [1.82, 2.24) is 14.9 Å². The molecule has 1 unspecified atom stereocenters. The molecule has 7 nitrogen and oxygen atoms in total. The van der Waals surface area contributed by atoms with Gasteiger partial charge in [0.25, 0.3) is 0 Å². The van der Waals surface area contributed by atoms with Gasteiger partial charge in [-0.25, -0.2) is 9.78 Å². The molecule has 0 saturated carbocycles. The van der Waals surface area contributed by atoms with Crippen molar-refractivity contribution in [3.63, 3.8) is 0 Å². The van der Waals surface area contributed by atoms with Gasteiger partial charge in [0.1, 0.15) is 17.0 Å². The van der Waals surface area contributed by atoms with Crippen LogP contribution in [0.1, 0.15) is 66.3 Å². The fourth-order valence-electron chi connectivity index (χ4n) is 4.72. The van der Waals surface area contributed by atoms with Gasteiger partial charge >= 0.3 is 13.2 Å². The first-order valence-corrected chi connectivity index (χ1v) is 12.6. The minimum absolute atomic E-state index is 0.107. The zero-order valence-corrected chi connectivity index (χ0v) is 22.1. The Balaban J connectivity index is 1.35. The highest BCUT2D eigenvalue weighted by atomic mass is 16.7. The van der Waals surface area contributed by atoms with E-state index in [1.54, 1.807) is 4.90 Å². The lowest BCUT2D eigenvalue weighted by molar-refractivity contribution is 0.0219. The highest BCUT2D eigenvalue weighted by molar-refractivity contribution is 6.62. The zero-order chi connectivity index (χ0) is 25.9. The summed E-state index contributed by atoms with van der Waals surface area (Å²) in [6.07, 6.45) is 1.50. The number of hydrogen-bond donors (Lipinski definition) is 1. The van der Waals surface area contributed by atoms with Gasteiger partial charge in [0.15, 0.2) is 0 Å². The molecule has 2 saturated heterocycles. The van der Waals surface area contributed by atoms with Crippen LogP contribution in [0.25, 0.3) is 22.2 Å². The average molecular weight is 488 g/mol. The molecular weight excluding hydrogens is 453 g/mol. The van der Waals surface area contributed by atoms with E-state index in [0.29, 0.717) is 6.54 Å². The lowest BCUT2D eigenvalue weighted by atomic mass is 9.78. The Labute approximate surface area is 213 Å². The van der Waals surface area contributed by atoms with Crippen LogP contribution < -0.4 is 5.46 Å². The number of hydrogen-bond acceptors (Lipinski definition) is 5. The predicted octanol–water partition coefficient (Wildman–Crippen LogP) is 5.42. The van der Waals surface area contributed by atoms with Crippen LogP contribution >= 0.6 is 0 Å². The Bertz CT molecular complexity index is 1260. The Morgan fingerprint density at radius 2 is 1.83 bits per heavy atom. The standard InChI is InChI=1S/C28H35BN3O4/c1-26(2,3)34-25(33)32-16-8-9-23(32)24-30-21-15-12-19(17-22(21)31-24)18-10-13-20(14-11-18)29-35-27(4,5)28(6,7)36-29/h10-15,17,23H,4,8-9,16H2,1-3,5-7H3,(H,30,31)/q+1/t23-,27?/m0/s1.